The summed E-state index contributed by atoms with van der Waals surface area (Å²) in [6.45, 7) is 5.37. The highest BCUT2D eigenvalue weighted by Gasteiger charge is 2.24. The highest BCUT2D eigenvalue weighted by Crippen LogP contribution is 2.31. The summed E-state index contributed by atoms with van der Waals surface area (Å²) < 4.78 is 11.0. The second-order valence-electron chi connectivity index (χ2n) is 4.14. The first kappa shape index (κ1) is 9.19. The monoisotopic (exact) mass is 193 g/mol. The number of hydrogen-bond acceptors (Lipinski definition) is 3. The third kappa shape index (κ3) is 1.62. The van der Waals surface area contributed by atoms with E-state index in [-0.39, 0.29) is 5.41 Å². The molecule has 3 nitrogen and oxygen atoms in total. The van der Waals surface area contributed by atoms with E-state index in [1.165, 1.54) is 0 Å². The molecule has 1 aliphatic carbocycles. The molecule has 0 radical (unpaired) electrons. The van der Waals surface area contributed by atoms with Crippen LogP contribution in [0.1, 0.15) is 13.8 Å². The molecule has 2 aliphatic rings. The van der Waals surface area contributed by atoms with Gasteiger partial charge in [0.25, 0.3) is 0 Å². The second-order valence-corrected chi connectivity index (χ2v) is 4.14. The summed E-state index contributed by atoms with van der Waals surface area (Å²) >= 11 is 0. The highest BCUT2D eigenvalue weighted by molar-refractivity contribution is 5.37. The van der Waals surface area contributed by atoms with Gasteiger partial charge in [-0.25, -0.2) is 0 Å². The van der Waals surface area contributed by atoms with Gasteiger partial charge >= 0.3 is 0 Å². The molecule has 0 aromatic carbocycles. The summed E-state index contributed by atoms with van der Waals surface area (Å²) in [4.78, 5) is 0. The van der Waals surface area contributed by atoms with E-state index in [2.05, 4.69) is 13.8 Å². The lowest BCUT2D eigenvalue weighted by Crippen LogP contribution is -2.18. The highest BCUT2D eigenvalue weighted by atomic mass is 16.6. The van der Waals surface area contributed by atoms with Crippen LogP contribution in [0.2, 0.25) is 0 Å². The maximum atomic E-state index is 5.86. The van der Waals surface area contributed by atoms with Crippen molar-refractivity contribution in [1.82, 2.24) is 0 Å². The Morgan fingerprint density at radius 3 is 2.79 bits per heavy atom. The van der Waals surface area contributed by atoms with Crippen LogP contribution in [-0.4, -0.2) is 13.2 Å². The maximum absolute atomic E-state index is 5.86. The molecular weight excluding hydrogens is 178 g/mol. The summed E-state index contributed by atoms with van der Waals surface area (Å²) in [5, 5.41) is 0. The number of hydrogen-bond donors (Lipinski definition) is 1. The minimum atomic E-state index is -0.0393. The molecule has 1 heterocycles. The first-order valence-electron chi connectivity index (χ1n) is 4.76. The van der Waals surface area contributed by atoms with Gasteiger partial charge in [-0.1, -0.05) is 19.9 Å². The lowest BCUT2D eigenvalue weighted by Gasteiger charge is -2.23. The van der Waals surface area contributed by atoms with Gasteiger partial charge in [0.1, 0.15) is 13.2 Å². The van der Waals surface area contributed by atoms with Gasteiger partial charge in [-0.05, 0) is 12.2 Å². The van der Waals surface area contributed by atoms with Crippen LogP contribution in [-0.2, 0) is 9.47 Å². The van der Waals surface area contributed by atoms with E-state index < -0.39 is 0 Å². The van der Waals surface area contributed by atoms with Gasteiger partial charge in [0.2, 0.25) is 0 Å². The largest absolute Gasteiger partial charge is 0.486 e. The number of allylic oxidation sites excluding steroid dienone is 3. The molecule has 0 atom stereocenters. The van der Waals surface area contributed by atoms with Gasteiger partial charge in [0.15, 0.2) is 11.5 Å². The van der Waals surface area contributed by atoms with Crippen LogP contribution in [0.15, 0.2) is 35.4 Å². The lowest BCUT2D eigenvalue weighted by molar-refractivity contribution is 0.0567. The normalized spacial score (nSPS) is 24.3. The van der Waals surface area contributed by atoms with Gasteiger partial charge in [-0.15, -0.1) is 0 Å². The molecule has 0 aromatic heterocycles. The van der Waals surface area contributed by atoms with E-state index in [9.17, 15) is 0 Å². The first-order chi connectivity index (χ1) is 6.58. The first-order valence-corrected chi connectivity index (χ1v) is 4.76. The summed E-state index contributed by atoms with van der Waals surface area (Å²) in [6.07, 6.45) is 5.97. The van der Waals surface area contributed by atoms with Gasteiger partial charge in [0.05, 0.1) is 5.70 Å². The van der Waals surface area contributed by atoms with Crippen molar-refractivity contribution in [3.8, 4) is 0 Å². The van der Waals surface area contributed by atoms with Crippen molar-refractivity contribution >= 4 is 0 Å². The van der Waals surface area contributed by atoms with Crippen molar-refractivity contribution in [1.29, 1.82) is 0 Å². The average molecular weight is 193 g/mol. The van der Waals surface area contributed by atoms with Crippen molar-refractivity contribution in [2.24, 2.45) is 11.1 Å². The van der Waals surface area contributed by atoms with Crippen LogP contribution >= 0.6 is 0 Å². The van der Waals surface area contributed by atoms with Crippen LogP contribution in [0.4, 0.5) is 0 Å². The number of fused-ring (bicyclic) bond motifs is 1. The molecule has 76 valence electrons. The number of nitrogens with two attached hydrogens (primary N) is 1. The number of rotatable bonds is 0. The Labute approximate surface area is 83.9 Å². The smallest absolute Gasteiger partial charge is 0.183 e. The Balaban J connectivity index is 2.44. The predicted octanol–water partition coefficient (Wildman–Crippen LogP) is 1.68. The number of ether oxygens (including phenoxy) is 2. The molecule has 0 spiro atoms. The Morgan fingerprint density at radius 1 is 1.29 bits per heavy atom. The fourth-order valence-electron chi connectivity index (χ4n) is 1.53. The van der Waals surface area contributed by atoms with Gasteiger partial charge < -0.3 is 15.2 Å². The summed E-state index contributed by atoms with van der Waals surface area (Å²) in [6, 6.07) is 0. The molecule has 1 aliphatic heterocycles. The molecule has 0 aromatic rings. The van der Waals surface area contributed by atoms with Crippen LogP contribution in [0, 0.1) is 5.41 Å². The van der Waals surface area contributed by atoms with E-state index >= 15 is 0 Å². The van der Waals surface area contributed by atoms with Crippen LogP contribution < -0.4 is 5.73 Å². The van der Waals surface area contributed by atoms with E-state index in [1.807, 2.05) is 18.2 Å². The molecule has 14 heavy (non-hydrogen) atoms. The Hall–Kier alpha value is -1.38. The summed E-state index contributed by atoms with van der Waals surface area (Å²) in [7, 11) is 0. The van der Waals surface area contributed by atoms with E-state index in [1.54, 1.807) is 0 Å². The molecule has 0 bridgehead atoms. The zero-order valence-electron chi connectivity index (χ0n) is 8.54. The summed E-state index contributed by atoms with van der Waals surface area (Å²) in [5.41, 5.74) is 6.46. The summed E-state index contributed by atoms with van der Waals surface area (Å²) in [5.74, 6) is 1.45. The van der Waals surface area contributed by atoms with Crippen molar-refractivity contribution in [2.45, 2.75) is 13.8 Å². The van der Waals surface area contributed by atoms with Crippen molar-refractivity contribution < 1.29 is 9.47 Å². The molecule has 1 fully saturated rings. The van der Waals surface area contributed by atoms with Crippen LogP contribution in [0.5, 0.6) is 0 Å². The Bertz CT molecular complexity index is 337. The third-order valence-corrected chi connectivity index (χ3v) is 2.27. The van der Waals surface area contributed by atoms with Crippen molar-refractivity contribution in [3.05, 3.63) is 35.4 Å². The van der Waals surface area contributed by atoms with Crippen LogP contribution in [0.3, 0.4) is 0 Å². The molecule has 2 N–H and O–H groups in total. The fraction of sp³-hybridized carbons (Fsp3) is 0.455. The molecule has 0 unspecified atom stereocenters. The Kier molecular flexibility index (Phi) is 2.02. The maximum Gasteiger partial charge on any atom is 0.183 e. The Morgan fingerprint density at radius 2 is 2.00 bits per heavy atom. The molecule has 3 heteroatoms. The van der Waals surface area contributed by atoms with E-state index in [4.69, 9.17) is 15.2 Å². The topological polar surface area (TPSA) is 44.5 Å². The quantitative estimate of drug-likeness (QED) is 0.636. The fourth-order valence-corrected chi connectivity index (χ4v) is 1.53. The minimum Gasteiger partial charge on any atom is -0.486 e. The standard InChI is InChI=1S/C11H15NO2/c1-11(2)4-3-8(12)10-9(7-11)13-5-6-14-10/h3-4,7H,5-6,12H2,1-2H3. The van der Waals surface area contributed by atoms with Crippen molar-refractivity contribution in [2.75, 3.05) is 13.2 Å². The van der Waals surface area contributed by atoms with Gasteiger partial charge in [0, 0.05) is 5.41 Å². The molecular formula is C11H15NO2. The molecule has 0 saturated carbocycles. The van der Waals surface area contributed by atoms with Gasteiger partial charge in [-0.2, -0.15) is 0 Å². The zero-order valence-corrected chi connectivity index (χ0v) is 8.54. The van der Waals surface area contributed by atoms with Gasteiger partial charge in [-0.3, -0.25) is 0 Å². The van der Waals surface area contributed by atoms with Crippen molar-refractivity contribution in [3.63, 3.8) is 0 Å². The second kappa shape index (κ2) is 3.08. The van der Waals surface area contributed by atoms with Crippen LogP contribution in [0.25, 0.3) is 0 Å². The minimum absolute atomic E-state index is 0.0393. The predicted molar refractivity (Wildman–Crippen MR) is 54.1 cm³/mol. The SMILES string of the molecule is CC1(C)C=CC(N)=C2OCCOC2=C1. The third-order valence-electron chi connectivity index (χ3n) is 2.27. The van der Waals surface area contributed by atoms with E-state index in [0.29, 0.717) is 24.7 Å². The van der Waals surface area contributed by atoms with E-state index in [0.717, 1.165) is 5.76 Å². The molecule has 0 amide bonds. The molecule has 1 saturated heterocycles. The molecule has 2 rings (SSSR count). The zero-order chi connectivity index (χ0) is 10.2. The lowest BCUT2D eigenvalue weighted by atomic mass is 9.93. The average Bonchev–Trinajstić information content (AvgIpc) is 2.25.